The maximum atomic E-state index is 10.5. The minimum absolute atomic E-state index is 0.0664. The van der Waals surface area contributed by atoms with Crippen molar-refractivity contribution in [2.24, 2.45) is 0 Å². The summed E-state index contributed by atoms with van der Waals surface area (Å²) in [6, 6.07) is 3.16. The van der Waals surface area contributed by atoms with Gasteiger partial charge in [0.05, 0.1) is 9.95 Å². The lowest BCUT2D eigenvalue weighted by atomic mass is 10.3. The molecule has 0 spiro atoms. The number of hydrogen-bond acceptors (Lipinski definition) is 4. The van der Waals surface area contributed by atoms with Crippen LogP contribution < -0.4 is 0 Å². The summed E-state index contributed by atoms with van der Waals surface area (Å²) in [5, 5.41) is 11.3. The molecule has 0 unspecified atom stereocenters. The highest BCUT2D eigenvalue weighted by molar-refractivity contribution is 7.99. The topological polar surface area (TPSA) is 56.0 Å². The maximum absolute atomic E-state index is 10.5. The van der Waals surface area contributed by atoms with Crippen molar-refractivity contribution in [2.45, 2.75) is 18.4 Å². The minimum atomic E-state index is -0.421. The van der Waals surface area contributed by atoms with E-state index in [2.05, 4.69) is 4.98 Å². The Morgan fingerprint density at radius 1 is 1.60 bits per heavy atom. The van der Waals surface area contributed by atoms with E-state index < -0.39 is 4.92 Å². The molecule has 1 rings (SSSR count). The van der Waals surface area contributed by atoms with Gasteiger partial charge in [0.1, 0.15) is 5.69 Å². The first-order valence-electron chi connectivity index (χ1n) is 4.46. The predicted molar refractivity (Wildman–Crippen MR) is 61.7 cm³/mol. The zero-order valence-electron chi connectivity index (χ0n) is 8.27. The van der Waals surface area contributed by atoms with E-state index in [1.54, 1.807) is 24.8 Å². The number of halogens is 1. The summed E-state index contributed by atoms with van der Waals surface area (Å²) >= 11 is 7.10. The van der Waals surface area contributed by atoms with Gasteiger partial charge in [-0.1, -0.05) is 0 Å². The molecule has 0 saturated heterocycles. The fourth-order valence-corrected chi connectivity index (χ4v) is 2.19. The molecule has 0 saturated carbocycles. The van der Waals surface area contributed by atoms with Gasteiger partial charge in [0, 0.05) is 17.7 Å². The third-order valence-corrected chi connectivity index (χ3v) is 3.04. The van der Waals surface area contributed by atoms with Gasteiger partial charge in [-0.3, -0.25) is 10.1 Å². The van der Waals surface area contributed by atoms with E-state index in [0.717, 1.165) is 17.2 Å². The van der Waals surface area contributed by atoms with Crippen LogP contribution >= 0.6 is 23.4 Å². The molecule has 0 radical (unpaired) electrons. The van der Waals surface area contributed by atoms with Crippen molar-refractivity contribution in [2.75, 3.05) is 11.6 Å². The van der Waals surface area contributed by atoms with Crippen molar-refractivity contribution in [3.8, 4) is 0 Å². The molecule has 0 aromatic carbocycles. The number of nitro groups is 1. The molecule has 1 heterocycles. The van der Waals surface area contributed by atoms with Crippen LogP contribution in [-0.2, 0) is 0 Å². The predicted octanol–water partition coefficient (Wildman–Crippen LogP) is 3.02. The fourth-order valence-electron chi connectivity index (χ4n) is 1.04. The van der Waals surface area contributed by atoms with Crippen molar-refractivity contribution in [1.82, 2.24) is 4.98 Å². The lowest BCUT2D eigenvalue weighted by Gasteiger charge is -2.01. The van der Waals surface area contributed by atoms with Crippen LogP contribution in [0, 0.1) is 17.0 Å². The summed E-state index contributed by atoms with van der Waals surface area (Å²) in [4.78, 5) is 14.3. The molecule has 0 atom stereocenters. The molecule has 1 aromatic heterocycles. The van der Waals surface area contributed by atoms with Crippen LogP contribution in [-0.4, -0.2) is 21.5 Å². The molecule has 4 nitrogen and oxygen atoms in total. The Balaban J connectivity index is 2.69. The number of thioether (sulfide) groups is 1. The second-order valence-electron chi connectivity index (χ2n) is 2.90. The lowest BCUT2D eigenvalue weighted by molar-refractivity contribution is -0.385. The highest BCUT2D eigenvalue weighted by atomic mass is 35.5. The molecular formula is C9H11ClN2O2S. The van der Waals surface area contributed by atoms with Crippen LogP contribution in [0.5, 0.6) is 0 Å². The largest absolute Gasteiger partial charge is 0.290 e. The van der Waals surface area contributed by atoms with E-state index in [1.807, 2.05) is 0 Å². The van der Waals surface area contributed by atoms with Gasteiger partial charge < -0.3 is 0 Å². The standard InChI is InChI=1S/C9H11ClN2O2S/c1-7-8(12(13)14)3-4-9(11-7)15-6-2-5-10/h3-4H,2,5-6H2,1H3. The van der Waals surface area contributed by atoms with Gasteiger partial charge in [0.25, 0.3) is 5.69 Å². The second-order valence-corrected chi connectivity index (χ2v) is 4.40. The Morgan fingerprint density at radius 3 is 2.87 bits per heavy atom. The number of rotatable bonds is 5. The van der Waals surface area contributed by atoms with E-state index >= 15 is 0 Å². The molecule has 0 N–H and O–H groups in total. The first kappa shape index (κ1) is 12.3. The Bertz CT molecular complexity index is 360. The molecule has 1 aromatic rings. The summed E-state index contributed by atoms with van der Waals surface area (Å²) < 4.78 is 0. The highest BCUT2D eigenvalue weighted by Gasteiger charge is 2.11. The zero-order chi connectivity index (χ0) is 11.3. The van der Waals surface area contributed by atoms with Crippen LogP contribution in [0.1, 0.15) is 12.1 Å². The van der Waals surface area contributed by atoms with Crippen LogP contribution in [0.4, 0.5) is 5.69 Å². The molecular weight excluding hydrogens is 236 g/mol. The summed E-state index contributed by atoms with van der Waals surface area (Å²) in [5.74, 6) is 1.51. The van der Waals surface area contributed by atoms with Crippen molar-refractivity contribution in [3.63, 3.8) is 0 Å². The van der Waals surface area contributed by atoms with Crippen molar-refractivity contribution in [1.29, 1.82) is 0 Å². The molecule has 0 fully saturated rings. The summed E-state index contributed by atoms with van der Waals surface area (Å²) in [6.45, 7) is 1.64. The Labute approximate surface area is 97.2 Å². The van der Waals surface area contributed by atoms with Crippen molar-refractivity contribution < 1.29 is 4.92 Å². The first-order valence-corrected chi connectivity index (χ1v) is 5.98. The molecule has 6 heteroatoms. The number of alkyl halides is 1. The van der Waals surface area contributed by atoms with Crippen LogP contribution in [0.3, 0.4) is 0 Å². The normalized spacial score (nSPS) is 10.3. The third kappa shape index (κ3) is 3.68. The van der Waals surface area contributed by atoms with Crippen LogP contribution in [0.2, 0.25) is 0 Å². The Kier molecular flexibility index (Phi) is 4.84. The lowest BCUT2D eigenvalue weighted by Crippen LogP contribution is -1.95. The molecule has 15 heavy (non-hydrogen) atoms. The molecule has 0 amide bonds. The van der Waals surface area contributed by atoms with Gasteiger partial charge in [-0.2, -0.15) is 0 Å². The number of aromatic nitrogens is 1. The summed E-state index contributed by atoms with van der Waals surface area (Å²) in [5.41, 5.74) is 0.521. The van der Waals surface area contributed by atoms with Crippen molar-refractivity contribution >= 4 is 29.1 Å². The summed E-state index contributed by atoms with van der Waals surface area (Å²) in [7, 11) is 0. The van der Waals surface area contributed by atoms with E-state index in [1.165, 1.54) is 6.07 Å². The number of pyridine rings is 1. The molecule has 0 bridgehead atoms. The quantitative estimate of drug-likeness (QED) is 0.263. The first-order chi connectivity index (χ1) is 7.15. The van der Waals surface area contributed by atoms with E-state index in [4.69, 9.17) is 11.6 Å². The van der Waals surface area contributed by atoms with Gasteiger partial charge in [-0.15, -0.1) is 23.4 Å². The monoisotopic (exact) mass is 246 g/mol. The van der Waals surface area contributed by atoms with Gasteiger partial charge in [-0.05, 0) is 19.4 Å². The Hall–Kier alpha value is -0.810. The van der Waals surface area contributed by atoms with Gasteiger partial charge >= 0.3 is 0 Å². The minimum Gasteiger partial charge on any atom is -0.258 e. The van der Waals surface area contributed by atoms with E-state index in [0.29, 0.717) is 11.6 Å². The fraction of sp³-hybridized carbons (Fsp3) is 0.444. The maximum Gasteiger partial charge on any atom is 0.290 e. The number of hydrogen-bond donors (Lipinski definition) is 0. The van der Waals surface area contributed by atoms with E-state index in [-0.39, 0.29) is 5.69 Å². The van der Waals surface area contributed by atoms with Crippen LogP contribution in [0.25, 0.3) is 0 Å². The highest BCUT2D eigenvalue weighted by Crippen LogP contribution is 2.22. The van der Waals surface area contributed by atoms with E-state index in [9.17, 15) is 10.1 Å². The summed E-state index contributed by atoms with van der Waals surface area (Å²) in [6.07, 6.45) is 0.907. The van der Waals surface area contributed by atoms with Crippen LogP contribution in [0.15, 0.2) is 17.2 Å². The number of nitrogens with zero attached hydrogens (tertiary/aromatic N) is 2. The average molecular weight is 247 g/mol. The van der Waals surface area contributed by atoms with Crippen molar-refractivity contribution in [3.05, 3.63) is 27.9 Å². The Morgan fingerprint density at radius 2 is 2.33 bits per heavy atom. The third-order valence-electron chi connectivity index (χ3n) is 1.76. The smallest absolute Gasteiger partial charge is 0.258 e. The van der Waals surface area contributed by atoms with Gasteiger partial charge in [-0.25, -0.2) is 4.98 Å². The molecule has 0 aliphatic rings. The van der Waals surface area contributed by atoms with Gasteiger partial charge in [0.15, 0.2) is 0 Å². The number of aryl methyl sites for hydroxylation is 1. The van der Waals surface area contributed by atoms with Gasteiger partial charge in [0.2, 0.25) is 0 Å². The molecule has 82 valence electrons. The average Bonchev–Trinajstić information content (AvgIpc) is 2.17. The SMILES string of the molecule is Cc1nc(SCCCCl)ccc1[N+](=O)[O-]. The molecule has 0 aliphatic carbocycles. The second kappa shape index (κ2) is 5.92. The molecule has 0 aliphatic heterocycles. The zero-order valence-corrected chi connectivity index (χ0v) is 9.85.